The van der Waals surface area contributed by atoms with Crippen LogP contribution < -0.4 is 4.72 Å². The molecule has 0 amide bonds. The Morgan fingerprint density at radius 2 is 1.65 bits per heavy atom. The van der Waals surface area contributed by atoms with Crippen molar-refractivity contribution in [1.82, 2.24) is 4.72 Å². The fourth-order valence-electron chi connectivity index (χ4n) is 2.68. The van der Waals surface area contributed by atoms with E-state index in [0.29, 0.717) is 12.0 Å². The van der Waals surface area contributed by atoms with Gasteiger partial charge in [0, 0.05) is 5.54 Å². The Morgan fingerprint density at radius 3 is 2.15 bits per heavy atom. The van der Waals surface area contributed by atoms with Crippen molar-refractivity contribution < 1.29 is 13.5 Å². The van der Waals surface area contributed by atoms with Gasteiger partial charge in [0.1, 0.15) is 0 Å². The quantitative estimate of drug-likeness (QED) is 0.878. The smallest absolute Gasteiger partial charge is 0.241 e. The molecule has 0 saturated carbocycles. The van der Waals surface area contributed by atoms with E-state index in [4.69, 9.17) is 0 Å². The summed E-state index contributed by atoms with van der Waals surface area (Å²) in [6.45, 7) is 9.67. The number of rotatable bonds is 5. The highest BCUT2D eigenvalue weighted by molar-refractivity contribution is 7.89. The highest BCUT2D eigenvalue weighted by Crippen LogP contribution is 2.28. The van der Waals surface area contributed by atoms with E-state index in [0.717, 1.165) is 0 Å². The van der Waals surface area contributed by atoms with Crippen molar-refractivity contribution in [2.75, 3.05) is 0 Å². The van der Waals surface area contributed by atoms with Gasteiger partial charge in [0.25, 0.3) is 0 Å². The Hall–Kier alpha value is -0.910. The maximum atomic E-state index is 12.5. The van der Waals surface area contributed by atoms with Crippen molar-refractivity contribution in [3.8, 4) is 0 Å². The summed E-state index contributed by atoms with van der Waals surface area (Å²) in [5.41, 5.74) is -0.131. The van der Waals surface area contributed by atoms with Gasteiger partial charge in [-0.1, -0.05) is 39.0 Å². The van der Waals surface area contributed by atoms with Crippen LogP contribution in [0.1, 0.15) is 46.6 Å². The molecule has 0 atom stereocenters. The first kappa shape index (κ1) is 17.1. The van der Waals surface area contributed by atoms with Crippen LogP contribution in [-0.4, -0.2) is 19.1 Å². The third-order valence-electron chi connectivity index (χ3n) is 2.82. The second kappa shape index (κ2) is 5.84. The number of benzene rings is 1. The van der Waals surface area contributed by atoms with E-state index in [1.165, 1.54) is 6.07 Å². The molecule has 0 spiro atoms. The van der Waals surface area contributed by atoms with E-state index in [1.54, 1.807) is 18.2 Å². The second-order valence-corrected chi connectivity index (χ2v) is 8.64. The molecule has 0 saturated heterocycles. The van der Waals surface area contributed by atoms with Gasteiger partial charge in [0.2, 0.25) is 10.0 Å². The molecular weight excluding hydrogens is 274 g/mol. The molecule has 0 radical (unpaired) electrons. The average molecular weight is 299 g/mol. The van der Waals surface area contributed by atoms with Crippen molar-refractivity contribution in [2.45, 2.75) is 58.1 Å². The fourth-order valence-corrected chi connectivity index (χ4v) is 4.32. The molecular formula is C15H25NO3S. The Labute approximate surface area is 122 Å². The summed E-state index contributed by atoms with van der Waals surface area (Å²) in [7, 11) is -3.64. The lowest BCUT2D eigenvalue weighted by molar-refractivity contribution is 0.268. The van der Waals surface area contributed by atoms with Crippen LogP contribution in [0.5, 0.6) is 0 Å². The molecule has 0 aromatic heterocycles. The summed E-state index contributed by atoms with van der Waals surface area (Å²) < 4.78 is 27.7. The van der Waals surface area contributed by atoms with Gasteiger partial charge in [0.15, 0.2) is 0 Å². The van der Waals surface area contributed by atoms with Gasteiger partial charge in [-0.2, -0.15) is 0 Å². The summed E-state index contributed by atoms with van der Waals surface area (Å²) in [4.78, 5) is 0.143. The monoisotopic (exact) mass is 299 g/mol. The Morgan fingerprint density at radius 1 is 1.10 bits per heavy atom. The summed E-state index contributed by atoms with van der Waals surface area (Å²) in [5, 5.41) is 9.27. The van der Waals surface area contributed by atoms with Crippen LogP contribution >= 0.6 is 0 Å². The molecule has 1 aromatic rings. The molecule has 4 nitrogen and oxygen atoms in total. The SMILES string of the molecule is CC(C)(C)CC(C)(C)NS(=O)(=O)c1ccccc1CO. The van der Waals surface area contributed by atoms with Gasteiger partial charge >= 0.3 is 0 Å². The molecule has 0 aliphatic carbocycles. The third kappa shape index (κ3) is 4.89. The zero-order valence-corrected chi connectivity index (χ0v) is 13.7. The van der Waals surface area contributed by atoms with E-state index in [9.17, 15) is 13.5 Å². The van der Waals surface area contributed by atoms with Crippen molar-refractivity contribution in [2.24, 2.45) is 5.41 Å². The standard InChI is InChI=1S/C15H25NO3S/c1-14(2,3)11-15(4,5)16-20(18,19)13-9-7-6-8-12(13)10-17/h6-9,16-17H,10-11H2,1-5H3. The van der Waals surface area contributed by atoms with Crippen molar-refractivity contribution >= 4 is 10.0 Å². The minimum atomic E-state index is -3.64. The zero-order valence-electron chi connectivity index (χ0n) is 12.9. The number of hydrogen-bond acceptors (Lipinski definition) is 3. The molecule has 0 aliphatic heterocycles. The lowest BCUT2D eigenvalue weighted by Gasteiger charge is -2.33. The Kier molecular flexibility index (Phi) is 5.00. The van der Waals surface area contributed by atoms with Gasteiger partial charge in [-0.15, -0.1) is 0 Å². The van der Waals surface area contributed by atoms with E-state index in [1.807, 2.05) is 13.8 Å². The van der Waals surface area contributed by atoms with Crippen molar-refractivity contribution in [1.29, 1.82) is 0 Å². The third-order valence-corrected chi connectivity index (χ3v) is 4.61. The Bertz CT molecular complexity index is 557. The highest BCUT2D eigenvalue weighted by Gasteiger charge is 2.31. The van der Waals surface area contributed by atoms with Gasteiger partial charge in [-0.3, -0.25) is 0 Å². The fraction of sp³-hybridized carbons (Fsp3) is 0.600. The molecule has 1 rings (SSSR count). The van der Waals surface area contributed by atoms with Gasteiger partial charge in [0.05, 0.1) is 11.5 Å². The first-order valence-electron chi connectivity index (χ1n) is 6.70. The van der Waals surface area contributed by atoms with Gasteiger partial charge < -0.3 is 5.11 Å². The molecule has 20 heavy (non-hydrogen) atoms. The van der Waals surface area contributed by atoms with Crippen LogP contribution in [0.25, 0.3) is 0 Å². The first-order valence-corrected chi connectivity index (χ1v) is 8.18. The van der Waals surface area contributed by atoms with Gasteiger partial charge in [-0.05, 0) is 37.3 Å². The largest absolute Gasteiger partial charge is 0.392 e. The van der Waals surface area contributed by atoms with Crippen LogP contribution in [0, 0.1) is 5.41 Å². The van der Waals surface area contributed by atoms with E-state index >= 15 is 0 Å². The molecule has 114 valence electrons. The lowest BCUT2D eigenvalue weighted by Crippen LogP contribution is -2.45. The van der Waals surface area contributed by atoms with Crippen molar-refractivity contribution in [3.63, 3.8) is 0 Å². The van der Waals surface area contributed by atoms with Crippen LogP contribution in [0.15, 0.2) is 29.2 Å². The number of sulfonamides is 1. The topological polar surface area (TPSA) is 66.4 Å². The number of hydrogen-bond donors (Lipinski definition) is 2. The maximum absolute atomic E-state index is 12.5. The molecule has 1 aromatic carbocycles. The minimum Gasteiger partial charge on any atom is -0.392 e. The molecule has 0 bridgehead atoms. The number of aliphatic hydroxyl groups is 1. The second-order valence-electron chi connectivity index (χ2n) is 6.99. The summed E-state index contributed by atoms with van der Waals surface area (Å²) in [6.07, 6.45) is 0.709. The number of aliphatic hydroxyl groups excluding tert-OH is 1. The van der Waals surface area contributed by atoms with Crippen LogP contribution in [-0.2, 0) is 16.6 Å². The van der Waals surface area contributed by atoms with E-state index < -0.39 is 15.6 Å². The van der Waals surface area contributed by atoms with Crippen LogP contribution in [0.4, 0.5) is 0 Å². The molecule has 5 heteroatoms. The molecule has 0 heterocycles. The maximum Gasteiger partial charge on any atom is 0.241 e. The molecule has 2 N–H and O–H groups in total. The Balaban J connectivity index is 3.06. The molecule has 0 fully saturated rings. The van der Waals surface area contributed by atoms with E-state index in [2.05, 4.69) is 25.5 Å². The first-order chi connectivity index (χ1) is 8.97. The summed E-state index contributed by atoms with van der Waals surface area (Å²) in [6, 6.07) is 6.50. The summed E-state index contributed by atoms with van der Waals surface area (Å²) >= 11 is 0. The normalized spacial score (nSPS) is 13.5. The van der Waals surface area contributed by atoms with E-state index in [-0.39, 0.29) is 16.9 Å². The van der Waals surface area contributed by atoms with Crippen molar-refractivity contribution in [3.05, 3.63) is 29.8 Å². The molecule has 0 aliphatic rings. The number of nitrogens with one attached hydrogen (secondary N) is 1. The lowest BCUT2D eigenvalue weighted by atomic mass is 9.82. The predicted octanol–water partition coefficient (Wildman–Crippen LogP) is 2.67. The highest BCUT2D eigenvalue weighted by atomic mass is 32.2. The summed E-state index contributed by atoms with van der Waals surface area (Å²) in [5.74, 6) is 0. The predicted molar refractivity (Wildman–Crippen MR) is 80.8 cm³/mol. The zero-order chi connectivity index (χ0) is 15.6. The van der Waals surface area contributed by atoms with Crippen LogP contribution in [0.3, 0.4) is 0 Å². The average Bonchev–Trinajstić information content (AvgIpc) is 2.24. The van der Waals surface area contributed by atoms with Crippen LogP contribution in [0.2, 0.25) is 0 Å². The minimum absolute atomic E-state index is 0.0164. The van der Waals surface area contributed by atoms with Gasteiger partial charge in [-0.25, -0.2) is 13.1 Å². The molecule has 0 unspecified atom stereocenters.